The van der Waals surface area contributed by atoms with E-state index in [-0.39, 0.29) is 17.9 Å². The summed E-state index contributed by atoms with van der Waals surface area (Å²) < 4.78 is 5.75. The molecule has 0 aliphatic carbocycles. The molecule has 4 N–H and O–H groups in total. The summed E-state index contributed by atoms with van der Waals surface area (Å²) in [5.74, 6) is 1.08. The number of nitrogens with one attached hydrogen (secondary N) is 2. The lowest BCUT2D eigenvalue weighted by molar-refractivity contribution is -0.118. The highest BCUT2D eigenvalue weighted by Gasteiger charge is 2.20. The summed E-state index contributed by atoms with van der Waals surface area (Å²) in [5.41, 5.74) is 8.74. The molecule has 1 atom stereocenters. The molecule has 0 saturated heterocycles. The zero-order valence-electron chi connectivity index (χ0n) is 19.6. The molecule has 4 aromatic rings. The van der Waals surface area contributed by atoms with Gasteiger partial charge < -0.3 is 20.8 Å². The van der Waals surface area contributed by atoms with Crippen molar-refractivity contribution in [2.75, 3.05) is 6.61 Å². The van der Waals surface area contributed by atoms with Crippen molar-refractivity contribution in [3.8, 4) is 17.0 Å². The van der Waals surface area contributed by atoms with Gasteiger partial charge in [0.2, 0.25) is 5.91 Å². The Morgan fingerprint density at radius 2 is 2.06 bits per heavy atom. The van der Waals surface area contributed by atoms with Gasteiger partial charge in [-0.1, -0.05) is 31.0 Å². The number of fused-ring (bicyclic) bond motifs is 1. The van der Waals surface area contributed by atoms with Gasteiger partial charge in [0.25, 0.3) is 5.91 Å². The lowest BCUT2D eigenvalue weighted by Gasteiger charge is -2.16. The molecule has 0 fully saturated rings. The minimum Gasteiger partial charge on any atom is -0.493 e. The number of hydrogen-bond donors (Lipinski definition) is 3. The van der Waals surface area contributed by atoms with E-state index >= 15 is 0 Å². The van der Waals surface area contributed by atoms with E-state index in [0.29, 0.717) is 30.2 Å². The zero-order valence-corrected chi connectivity index (χ0v) is 20.4. The van der Waals surface area contributed by atoms with Crippen LogP contribution < -0.4 is 15.8 Å². The number of thiazole rings is 1. The fourth-order valence-corrected chi connectivity index (χ4v) is 4.55. The van der Waals surface area contributed by atoms with Crippen molar-refractivity contribution in [3.05, 3.63) is 65.0 Å². The summed E-state index contributed by atoms with van der Waals surface area (Å²) in [6, 6.07) is 11.9. The SMILES string of the molecule is CCOc1cccc2cc(-c3cnc([C@H](CCCCCC(N)=O)NC(=O)c4cncs4)[nH]3)ccc12. The maximum Gasteiger partial charge on any atom is 0.263 e. The van der Waals surface area contributed by atoms with Gasteiger partial charge in [-0.15, -0.1) is 11.3 Å². The number of rotatable bonds is 12. The number of H-pyrrole nitrogens is 1. The molecule has 2 aromatic carbocycles. The van der Waals surface area contributed by atoms with Gasteiger partial charge in [-0.25, -0.2) is 4.98 Å². The van der Waals surface area contributed by atoms with Crippen LogP contribution in [0.25, 0.3) is 22.0 Å². The second kappa shape index (κ2) is 11.6. The Kier molecular flexibility index (Phi) is 8.10. The maximum atomic E-state index is 12.7. The van der Waals surface area contributed by atoms with Gasteiger partial charge in [0.1, 0.15) is 16.5 Å². The van der Waals surface area contributed by atoms with E-state index in [1.54, 1.807) is 17.9 Å². The summed E-state index contributed by atoms with van der Waals surface area (Å²) in [7, 11) is 0. The quantitative estimate of drug-likeness (QED) is 0.241. The number of benzene rings is 2. The number of unbranched alkanes of at least 4 members (excludes halogenated alkanes) is 2. The van der Waals surface area contributed by atoms with Crippen LogP contribution in [0.3, 0.4) is 0 Å². The van der Waals surface area contributed by atoms with Crippen molar-refractivity contribution in [1.82, 2.24) is 20.3 Å². The Hall–Kier alpha value is -3.72. The van der Waals surface area contributed by atoms with E-state index in [0.717, 1.165) is 47.0 Å². The first-order valence-electron chi connectivity index (χ1n) is 11.7. The molecular weight excluding hydrogens is 462 g/mol. The number of ether oxygens (including phenoxy) is 1. The number of nitrogens with two attached hydrogens (primary N) is 1. The first-order valence-corrected chi connectivity index (χ1v) is 12.6. The third kappa shape index (κ3) is 6.24. The number of nitrogens with zero attached hydrogens (tertiary/aromatic N) is 2. The smallest absolute Gasteiger partial charge is 0.263 e. The second-order valence-corrected chi connectivity index (χ2v) is 9.15. The lowest BCUT2D eigenvalue weighted by Crippen LogP contribution is -2.28. The standard InChI is InChI=1S/C26H29N5O3S/c1-2-34-22-9-6-7-17-13-18(11-12-19(17)22)21-14-29-25(30-21)20(8-4-3-5-10-24(27)32)31-26(33)23-15-28-16-35-23/h6-7,9,11-16,20H,2-5,8,10H2,1H3,(H2,27,32)(H,29,30)(H,31,33)/t20-/m0/s1. The van der Waals surface area contributed by atoms with Crippen LogP contribution in [0.5, 0.6) is 5.75 Å². The Balaban J connectivity index is 1.53. The number of aromatic nitrogens is 3. The van der Waals surface area contributed by atoms with Crippen molar-refractivity contribution < 1.29 is 14.3 Å². The number of amides is 2. The summed E-state index contributed by atoms with van der Waals surface area (Å²) in [6.07, 6.45) is 6.81. The Bertz CT molecular complexity index is 1290. The van der Waals surface area contributed by atoms with Gasteiger partial charge >= 0.3 is 0 Å². The average Bonchev–Trinajstić information content (AvgIpc) is 3.56. The fourth-order valence-electron chi connectivity index (χ4n) is 4.02. The molecule has 35 heavy (non-hydrogen) atoms. The summed E-state index contributed by atoms with van der Waals surface area (Å²) in [5, 5.41) is 5.22. The number of carbonyl (C=O) groups is 2. The molecule has 0 radical (unpaired) electrons. The lowest BCUT2D eigenvalue weighted by atomic mass is 10.0. The van der Waals surface area contributed by atoms with Gasteiger partial charge in [-0.3, -0.25) is 14.6 Å². The molecule has 2 aromatic heterocycles. The molecule has 2 amide bonds. The van der Waals surface area contributed by atoms with Gasteiger partial charge in [-0.2, -0.15) is 0 Å². The molecular formula is C26H29N5O3S. The molecule has 0 bridgehead atoms. The van der Waals surface area contributed by atoms with E-state index in [1.165, 1.54) is 11.3 Å². The predicted molar refractivity (Wildman–Crippen MR) is 137 cm³/mol. The van der Waals surface area contributed by atoms with Gasteiger partial charge in [-0.05, 0) is 43.4 Å². The summed E-state index contributed by atoms with van der Waals surface area (Å²) in [6.45, 7) is 2.59. The maximum absolute atomic E-state index is 12.7. The van der Waals surface area contributed by atoms with Crippen molar-refractivity contribution in [2.45, 2.75) is 45.1 Å². The molecule has 9 heteroatoms. The fraction of sp³-hybridized carbons (Fsp3) is 0.308. The first kappa shape index (κ1) is 24.4. The van der Waals surface area contributed by atoms with Crippen molar-refractivity contribution in [2.24, 2.45) is 5.73 Å². The zero-order chi connectivity index (χ0) is 24.6. The number of aromatic amines is 1. The van der Waals surface area contributed by atoms with Crippen LogP contribution in [0.4, 0.5) is 0 Å². The van der Waals surface area contributed by atoms with E-state index < -0.39 is 0 Å². The largest absolute Gasteiger partial charge is 0.493 e. The van der Waals surface area contributed by atoms with Crippen LogP contribution in [-0.2, 0) is 4.79 Å². The minimum absolute atomic E-state index is 0.179. The highest BCUT2D eigenvalue weighted by atomic mass is 32.1. The van der Waals surface area contributed by atoms with Crippen LogP contribution >= 0.6 is 11.3 Å². The van der Waals surface area contributed by atoms with E-state index in [9.17, 15) is 9.59 Å². The highest BCUT2D eigenvalue weighted by Crippen LogP contribution is 2.30. The molecule has 2 heterocycles. The van der Waals surface area contributed by atoms with Crippen LogP contribution in [-0.4, -0.2) is 33.4 Å². The van der Waals surface area contributed by atoms with Gasteiger partial charge in [0.05, 0.1) is 36.2 Å². The van der Waals surface area contributed by atoms with Crippen LogP contribution in [0.1, 0.15) is 60.6 Å². The molecule has 0 aliphatic rings. The van der Waals surface area contributed by atoms with Crippen molar-refractivity contribution in [1.29, 1.82) is 0 Å². The van der Waals surface area contributed by atoms with E-state index in [4.69, 9.17) is 10.5 Å². The van der Waals surface area contributed by atoms with Crippen LogP contribution in [0, 0.1) is 0 Å². The second-order valence-electron chi connectivity index (χ2n) is 8.26. The summed E-state index contributed by atoms with van der Waals surface area (Å²) in [4.78, 5) is 36.3. The Morgan fingerprint density at radius 3 is 2.83 bits per heavy atom. The van der Waals surface area contributed by atoms with E-state index in [2.05, 4.69) is 38.5 Å². The van der Waals surface area contributed by atoms with Crippen molar-refractivity contribution >= 4 is 33.9 Å². The van der Waals surface area contributed by atoms with Gasteiger partial charge in [0.15, 0.2) is 0 Å². The Morgan fingerprint density at radius 1 is 1.17 bits per heavy atom. The molecule has 0 unspecified atom stereocenters. The minimum atomic E-state index is -0.294. The molecule has 0 aliphatic heterocycles. The molecule has 4 rings (SSSR count). The molecule has 182 valence electrons. The topological polar surface area (TPSA) is 123 Å². The van der Waals surface area contributed by atoms with Crippen LogP contribution in [0.2, 0.25) is 0 Å². The van der Waals surface area contributed by atoms with E-state index in [1.807, 2.05) is 25.1 Å². The number of primary amides is 1. The predicted octanol–water partition coefficient (Wildman–Crippen LogP) is 4.99. The molecule has 8 nitrogen and oxygen atoms in total. The normalized spacial score (nSPS) is 11.9. The highest BCUT2D eigenvalue weighted by molar-refractivity contribution is 7.11. The average molecular weight is 492 g/mol. The monoisotopic (exact) mass is 491 g/mol. The Labute approximate surface area is 207 Å². The summed E-state index contributed by atoms with van der Waals surface area (Å²) >= 11 is 1.30. The molecule has 0 saturated carbocycles. The number of carbonyl (C=O) groups excluding carboxylic acids is 2. The third-order valence-electron chi connectivity index (χ3n) is 5.75. The van der Waals surface area contributed by atoms with Crippen LogP contribution in [0.15, 0.2) is 54.3 Å². The number of hydrogen-bond acceptors (Lipinski definition) is 6. The third-order valence-corrected chi connectivity index (χ3v) is 6.53. The first-order chi connectivity index (χ1) is 17.0. The number of imidazole rings is 1. The molecule has 0 spiro atoms. The van der Waals surface area contributed by atoms with Gasteiger partial charge in [0, 0.05) is 17.4 Å². The van der Waals surface area contributed by atoms with Crippen molar-refractivity contribution in [3.63, 3.8) is 0 Å².